The molecular formula is C16H21N5O3S. The highest BCUT2D eigenvalue weighted by Crippen LogP contribution is 2.22. The standard InChI is InChI=1S/C16H21N5O3S/c1-21-14(12-8-5-9-24-12)19-20-16(21)25-10-13(22)18-15(23)17-11-6-3-2-4-7-11/h5,8-9,11H,2-4,6-7,10H2,1H3,(H2,17,18,22,23). The van der Waals surface area contributed by atoms with Gasteiger partial charge in [0, 0.05) is 13.1 Å². The maximum absolute atomic E-state index is 11.9. The van der Waals surface area contributed by atoms with E-state index in [2.05, 4.69) is 20.8 Å². The zero-order valence-electron chi connectivity index (χ0n) is 14.0. The minimum Gasteiger partial charge on any atom is -0.461 e. The Balaban J connectivity index is 1.46. The van der Waals surface area contributed by atoms with E-state index < -0.39 is 6.03 Å². The van der Waals surface area contributed by atoms with Crippen LogP contribution in [0.15, 0.2) is 28.0 Å². The molecule has 1 fully saturated rings. The Kier molecular flexibility index (Phi) is 5.75. The molecule has 1 aliphatic carbocycles. The minimum atomic E-state index is -0.424. The Labute approximate surface area is 149 Å². The fourth-order valence-electron chi connectivity index (χ4n) is 2.82. The lowest BCUT2D eigenvalue weighted by atomic mass is 9.96. The van der Waals surface area contributed by atoms with Crippen LogP contribution in [-0.2, 0) is 11.8 Å². The molecule has 8 nitrogen and oxygen atoms in total. The monoisotopic (exact) mass is 363 g/mol. The van der Waals surface area contributed by atoms with Gasteiger partial charge in [0.2, 0.25) is 5.91 Å². The summed E-state index contributed by atoms with van der Waals surface area (Å²) in [7, 11) is 1.80. The van der Waals surface area contributed by atoms with Crippen molar-refractivity contribution in [2.45, 2.75) is 43.3 Å². The van der Waals surface area contributed by atoms with Crippen LogP contribution in [0, 0.1) is 0 Å². The zero-order valence-corrected chi connectivity index (χ0v) is 14.8. The zero-order chi connectivity index (χ0) is 17.6. The van der Waals surface area contributed by atoms with Crippen molar-refractivity contribution in [3.63, 3.8) is 0 Å². The molecule has 0 atom stereocenters. The molecule has 0 unspecified atom stereocenters. The number of furan rings is 1. The molecular weight excluding hydrogens is 342 g/mol. The van der Waals surface area contributed by atoms with Crippen LogP contribution in [0.1, 0.15) is 32.1 Å². The third-order valence-corrected chi connectivity index (χ3v) is 5.12. The van der Waals surface area contributed by atoms with Crippen molar-refractivity contribution < 1.29 is 14.0 Å². The fraction of sp³-hybridized carbons (Fsp3) is 0.500. The molecule has 0 aromatic carbocycles. The first kappa shape index (κ1) is 17.5. The van der Waals surface area contributed by atoms with E-state index in [1.807, 2.05) is 0 Å². The Bertz CT molecular complexity index is 722. The number of amides is 3. The predicted octanol–water partition coefficient (Wildman–Crippen LogP) is 2.33. The summed E-state index contributed by atoms with van der Waals surface area (Å²) in [6, 6.07) is 3.31. The van der Waals surface area contributed by atoms with Gasteiger partial charge in [-0.3, -0.25) is 10.1 Å². The molecule has 3 amide bonds. The third-order valence-electron chi connectivity index (χ3n) is 4.10. The van der Waals surface area contributed by atoms with Crippen molar-refractivity contribution in [3.8, 4) is 11.6 Å². The molecule has 0 radical (unpaired) electrons. The van der Waals surface area contributed by atoms with Gasteiger partial charge in [0.1, 0.15) is 0 Å². The molecule has 25 heavy (non-hydrogen) atoms. The van der Waals surface area contributed by atoms with Gasteiger partial charge in [0.25, 0.3) is 0 Å². The number of hydrogen-bond donors (Lipinski definition) is 2. The molecule has 1 aliphatic rings. The van der Waals surface area contributed by atoms with E-state index in [1.54, 1.807) is 30.0 Å². The van der Waals surface area contributed by atoms with Gasteiger partial charge in [0.05, 0.1) is 12.0 Å². The maximum Gasteiger partial charge on any atom is 0.321 e. The number of thioether (sulfide) groups is 1. The van der Waals surface area contributed by atoms with Gasteiger partial charge < -0.3 is 14.3 Å². The number of hydrogen-bond acceptors (Lipinski definition) is 6. The van der Waals surface area contributed by atoms with E-state index >= 15 is 0 Å². The lowest BCUT2D eigenvalue weighted by Gasteiger charge is -2.22. The first-order valence-corrected chi connectivity index (χ1v) is 9.28. The van der Waals surface area contributed by atoms with Crippen LogP contribution in [0.5, 0.6) is 0 Å². The number of carbonyl (C=O) groups is 2. The van der Waals surface area contributed by atoms with Crippen molar-refractivity contribution in [3.05, 3.63) is 18.4 Å². The van der Waals surface area contributed by atoms with Crippen molar-refractivity contribution in [2.75, 3.05) is 5.75 Å². The largest absolute Gasteiger partial charge is 0.461 e. The normalized spacial score (nSPS) is 15.1. The summed E-state index contributed by atoms with van der Waals surface area (Å²) in [6.45, 7) is 0. The van der Waals surface area contributed by atoms with E-state index in [4.69, 9.17) is 4.42 Å². The molecule has 134 valence electrons. The summed E-state index contributed by atoms with van der Waals surface area (Å²) in [5.41, 5.74) is 0. The first-order chi connectivity index (χ1) is 12.1. The van der Waals surface area contributed by atoms with E-state index in [1.165, 1.54) is 18.2 Å². The first-order valence-electron chi connectivity index (χ1n) is 8.30. The SMILES string of the molecule is Cn1c(SCC(=O)NC(=O)NC2CCCCC2)nnc1-c1ccco1. The Morgan fingerprint density at radius 1 is 1.32 bits per heavy atom. The molecule has 1 saturated carbocycles. The maximum atomic E-state index is 11.9. The van der Waals surface area contributed by atoms with Crippen molar-refractivity contribution in [2.24, 2.45) is 7.05 Å². The Morgan fingerprint density at radius 2 is 2.12 bits per heavy atom. The summed E-state index contributed by atoms with van der Waals surface area (Å²) >= 11 is 1.22. The quantitative estimate of drug-likeness (QED) is 0.791. The predicted molar refractivity (Wildman–Crippen MR) is 93.0 cm³/mol. The molecule has 3 rings (SSSR count). The highest BCUT2D eigenvalue weighted by Gasteiger charge is 2.18. The lowest BCUT2D eigenvalue weighted by Crippen LogP contribution is -2.45. The van der Waals surface area contributed by atoms with Crippen molar-refractivity contribution in [1.29, 1.82) is 0 Å². The van der Waals surface area contributed by atoms with Gasteiger partial charge in [-0.25, -0.2) is 4.79 Å². The molecule has 2 N–H and O–H groups in total. The van der Waals surface area contributed by atoms with Crippen LogP contribution in [0.4, 0.5) is 4.79 Å². The molecule has 9 heteroatoms. The summed E-state index contributed by atoms with van der Waals surface area (Å²) in [5, 5.41) is 13.9. The van der Waals surface area contributed by atoms with E-state index in [-0.39, 0.29) is 17.7 Å². The van der Waals surface area contributed by atoms with Gasteiger partial charge in [-0.2, -0.15) is 0 Å². The topological polar surface area (TPSA) is 102 Å². The highest BCUT2D eigenvalue weighted by atomic mass is 32.2. The van der Waals surface area contributed by atoms with Gasteiger partial charge in [-0.05, 0) is 25.0 Å². The second-order valence-electron chi connectivity index (χ2n) is 5.99. The molecule has 2 aromatic rings. The average molecular weight is 363 g/mol. The van der Waals surface area contributed by atoms with E-state index in [0.717, 1.165) is 25.7 Å². The molecule has 0 saturated heterocycles. The Morgan fingerprint density at radius 3 is 2.84 bits per heavy atom. The molecule has 2 aromatic heterocycles. The van der Waals surface area contributed by atoms with Gasteiger partial charge in [-0.15, -0.1) is 10.2 Å². The minimum absolute atomic E-state index is 0.0855. The smallest absolute Gasteiger partial charge is 0.321 e. The van der Waals surface area contributed by atoms with Crippen LogP contribution in [0.25, 0.3) is 11.6 Å². The van der Waals surface area contributed by atoms with E-state index in [9.17, 15) is 9.59 Å². The summed E-state index contributed by atoms with van der Waals surface area (Å²) in [4.78, 5) is 23.8. The van der Waals surface area contributed by atoms with Crippen LogP contribution < -0.4 is 10.6 Å². The lowest BCUT2D eigenvalue weighted by molar-refractivity contribution is -0.117. The molecule has 0 aliphatic heterocycles. The summed E-state index contributed by atoms with van der Waals surface area (Å²) < 4.78 is 7.05. The molecule has 0 spiro atoms. The van der Waals surface area contributed by atoms with Crippen molar-refractivity contribution >= 4 is 23.7 Å². The van der Waals surface area contributed by atoms with Crippen molar-refractivity contribution in [1.82, 2.24) is 25.4 Å². The van der Waals surface area contributed by atoms with Crippen LogP contribution in [0.2, 0.25) is 0 Å². The number of rotatable bonds is 5. The number of urea groups is 1. The number of nitrogens with one attached hydrogen (secondary N) is 2. The van der Waals surface area contributed by atoms with E-state index in [0.29, 0.717) is 16.7 Å². The third kappa shape index (κ3) is 4.62. The van der Waals surface area contributed by atoms with Crippen LogP contribution in [-0.4, -0.2) is 38.5 Å². The van der Waals surface area contributed by atoms with Crippen LogP contribution in [0.3, 0.4) is 0 Å². The number of carbonyl (C=O) groups excluding carboxylic acids is 2. The number of aromatic nitrogens is 3. The van der Waals surface area contributed by atoms with Gasteiger partial charge in [0.15, 0.2) is 16.7 Å². The average Bonchev–Trinajstić information content (AvgIpc) is 3.23. The van der Waals surface area contributed by atoms with Crippen LogP contribution >= 0.6 is 11.8 Å². The second kappa shape index (κ2) is 8.19. The summed E-state index contributed by atoms with van der Waals surface area (Å²) in [5.74, 6) is 0.921. The second-order valence-corrected chi connectivity index (χ2v) is 6.93. The molecule has 2 heterocycles. The highest BCUT2D eigenvalue weighted by molar-refractivity contribution is 7.99. The summed E-state index contributed by atoms with van der Waals surface area (Å²) in [6.07, 6.45) is 6.98. The molecule has 0 bridgehead atoms. The van der Waals surface area contributed by atoms with Gasteiger partial charge >= 0.3 is 6.03 Å². The Hall–Kier alpha value is -2.29. The number of imide groups is 1. The van der Waals surface area contributed by atoms with Gasteiger partial charge in [-0.1, -0.05) is 31.0 Å². The number of nitrogens with zero attached hydrogens (tertiary/aromatic N) is 3. The fourth-order valence-corrected chi connectivity index (χ4v) is 3.53.